The van der Waals surface area contributed by atoms with E-state index in [9.17, 15) is 4.79 Å². The lowest BCUT2D eigenvalue weighted by atomic mass is 9.96. The molecule has 0 atom stereocenters. The van der Waals surface area contributed by atoms with E-state index < -0.39 is 0 Å². The summed E-state index contributed by atoms with van der Waals surface area (Å²) in [6.45, 7) is 2.63. The van der Waals surface area contributed by atoms with Crippen LogP contribution >= 0.6 is 12.4 Å². The van der Waals surface area contributed by atoms with Gasteiger partial charge in [-0.2, -0.15) is 0 Å². The second kappa shape index (κ2) is 8.86. The van der Waals surface area contributed by atoms with Crippen LogP contribution in [0.2, 0.25) is 0 Å². The highest BCUT2D eigenvalue weighted by Gasteiger charge is 2.25. The molecule has 1 aliphatic heterocycles. The summed E-state index contributed by atoms with van der Waals surface area (Å²) in [6, 6.07) is 5.32. The number of likely N-dealkylation sites (tertiary alicyclic amines) is 1. The molecule has 124 valence electrons. The zero-order valence-corrected chi connectivity index (χ0v) is 14.2. The van der Waals surface area contributed by atoms with Gasteiger partial charge in [0.15, 0.2) is 0 Å². The number of carbonyl (C=O) groups is 1. The highest BCUT2D eigenvalue weighted by atomic mass is 35.5. The number of nitrogens with zero attached hydrogens (tertiary/aromatic N) is 1. The molecule has 0 aromatic heterocycles. The summed E-state index contributed by atoms with van der Waals surface area (Å²) in [5.41, 5.74) is 0.602. The van der Waals surface area contributed by atoms with Crippen molar-refractivity contribution < 1.29 is 14.3 Å². The Balaban J connectivity index is 0.00000242. The maximum Gasteiger partial charge on any atom is 0.257 e. The topological polar surface area (TPSA) is 50.8 Å². The number of halogens is 1. The zero-order chi connectivity index (χ0) is 15.2. The predicted octanol–water partition coefficient (Wildman–Crippen LogP) is 2.20. The normalized spacial score (nSPS) is 15.1. The number of carbonyl (C=O) groups excluding carboxylic acids is 1. The Morgan fingerprint density at radius 3 is 2.50 bits per heavy atom. The van der Waals surface area contributed by atoms with Crippen molar-refractivity contribution in [3.63, 3.8) is 0 Å². The first-order valence-electron chi connectivity index (χ1n) is 7.35. The summed E-state index contributed by atoms with van der Waals surface area (Å²) in [6.07, 6.45) is 2.09. The van der Waals surface area contributed by atoms with Crippen LogP contribution in [0.1, 0.15) is 23.2 Å². The fourth-order valence-corrected chi connectivity index (χ4v) is 2.77. The Morgan fingerprint density at radius 1 is 1.27 bits per heavy atom. The molecule has 22 heavy (non-hydrogen) atoms. The van der Waals surface area contributed by atoms with Crippen LogP contribution in [0.4, 0.5) is 0 Å². The Hall–Kier alpha value is -1.46. The van der Waals surface area contributed by atoms with Gasteiger partial charge in [-0.05, 0) is 44.5 Å². The molecule has 1 heterocycles. The average molecular weight is 329 g/mol. The van der Waals surface area contributed by atoms with Crippen molar-refractivity contribution in [2.24, 2.45) is 5.92 Å². The van der Waals surface area contributed by atoms with Crippen molar-refractivity contribution >= 4 is 18.3 Å². The number of nitrogens with one attached hydrogen (secondary N) is 1. The molecule has 0 bridgehead atoms. The van der Waals surface area contributed by atoms with E-state index in [1.54, 1.807) is 32.4 Å². The summed E-state index contributed by atoms with van der Waals surface area (Å²) < 4.78 is 10.5. The van der Waals surface area contributed by atoms with E-state index in [1.807, 2.05) is 11.9 Å². The number of amides is 1. The molecule has 1 N–H and O–H groups in total. The third-order valence-corrected chi connectivity index (χ3v) is 4.03. The summed E-state index contributed by atoms with van der Waals surface area (Å²) >= 11 is 0. The summed E-state index contributed by atoms with van der Waals surface area (Å²) in [5, 5.41) is 3.21. The van der Waals surface area contributed by atoms with E-state index >= 15 is 0 Å². The fraction of sp³-hybridized carbons (Fsp3) is 0.562. The molecule has 2 rings (SSSR count). The third-order valence-electron chi connectivity index (χ3n) is 4.03. The van der Waals surface area contributed by atoms with Gasteiger partial charge in [-0.3, -0.25) is 4.79 Å². The van der Waals surface area contributed by atoms with E-state index in [4.69, 9.17) is 9.47 Å². The van der Waals surface area contributed by atoms with Crippen LogP contribution in [-0.4, -0.2) is 51.7 Å². The number of piperidine rings is 1. The third kappa shape index (κ3) is 4.27. The number of rotatable bonds is 5. The van der Waals surface area contributed by atoms with Crippen molar-refractivity contribution in [2.75, 3.05) is 40.9 Å². The van der Waals surface area contributed by atoms with Gasteiger partial charge in [0.05, 0.1) is 19.8 Å². The Morgan fingerprint density at radius 2 is 1.95 bits per heavy atom. The second-order valence-electron chi connectivity index (χ2n) is 5.36. The smallest absolute Gasteiger partial charge is 0.257 e. The number of hydrogen-bond donors (Lipinski definition) is 1. The Kier molecular flexibility index (Phi) is 7.48. The Bertz CT molecular complexity index is 488. The molecule has 5 nitrogen and oxygen atoms in total. The summed E-state index contributed by atoms with van der Waals surface area (Å²) in [4.78, 5) is 14.5. The molecule has 0 radical (unpaired) electrons. The second-order valence-corrected chi connectivity index (χ2v) is 5.36. The van der Waals surface area contributed by atoms with Crippen LogP contribution in [0.5, 0.6) is 11.5 Å². The minimum Gasteiger partial charge on any atom is -0.497 e. The first-order valence-corrected chi connectivity index (χ1v) is 7.35. The SMILES string of the molecule is CNCC1CCN(C(=O)c2ccc(OC)cc2OC)CC1.Cl. The van der Waals surface area contributed by atoms with Crippen LogP contribution in [-0.2, 0) is 0 Å². The van der Waals surface area contributed by atoms with Crippen molar-refractivity contribution in [1.29, 1.82) is 0 Å². The quantitative estimate of drug-likeness (QED) is 0.900. The van der Waals surface area contributed by atoms with Gasteiger partial charge in [-0.15, -0.1) is 12.4 Å². The molecule has 1 aromatic carbocycles. The van der Waals surface area contributed by atoms with E-state index in [0.717, 1.165) is 32.5 Å². The van der Waals surface area contributed by atoms with Gasteiger partial charge in [0, 0.05) is 19.2 Å². The van der Waals surface area contributed by atoms with E-state index in [-0.39, 0.29) is 18.3 Å². The molecule has 0 unspecified atom stereocenters. The van der Waals surface area contributed by atoms with Crippen LogP contribution < -0.4 is 14.8 Å². The molecule has 1 fully saturated rings. The van der Waals surface area contributed by atoms with Gasteiger partial charge < -0.3 is 19.7 Å². The van der Waals surface area contributed by atoms with Crippen LogP contribution in [0, 0.1) is 5.92 Å². The maximum atomic E-state index is 12.6. The molecule has 1 aliphatic rings. The lowest BCUT2D eigenvalue weighted by Gasteiger charge is -2.32. The number of benzene rings is 1. The predicted molar refractivity (Wildman–Crippen MR) is 89.3 cm³/mol. The molecule has 1 saturated heterocycles. The van der Waals surface area contributed by atoms with Gasteiger partial charge in [0.2, 0.25) is 0 Å². The molecule has 6 heteroatoms. The molecule has 1 amide bonds. The minimum atomic E-state index is 0. The molecule has 0 saturated carbocycles. The number of hydrogen-bond acceptors (Lipinski definition) is 4. The van der Waals surface area contributed by atoms with Crippen LogP contribution in [0.25, 0.3) is 0 Å². The minimum absolute atomic E-state index is 0. The standard InChI is InChI=1S/C16H24N2O3.ClH/c1-17-11-12-6-8-18(9-7-12)16(19)14-5-4-13(20-2)10-15(14)21-3;/h4-5,10,12,17H,6-9,11H2,1-3H3;1H. The largest absolute Gasteiger partial charge is 0.497 e. The van der Waals surface area contributed by atoms with Gasteiger partial charge in [-0.1, -0.05) is 0 Å². The highest BCUT2D eigenvalue weighted by molar-refractivity contribution is 5.97. The van der Waals surface area contributed by atoms with E-state index in [0.29, 0.717) is 23.0 Å². The van der Waals surface area contributed by atoms with E-state index in [1.165, 1.54) is 0 Å². The van der Waals surface area contributed by atoms with Gasteiger partial charge in [0.1, 0.15) is 11.5 Å². The van der Waals surface area contributed by atoms with Gasteiger partial charge >= 0.3 is 0 Å². The van der Waals surface area contributed by atoms with Crippen molar-refractivity contribution in [3.8, 4) is 11.5 Å². The maximum absolute atomic E-state index is 12.6. The molecular formula is C16H25ClN2O3. The lowest BCUT2D eigenvalue weighted by molar-refractivity contribution is 0.0687. The molecular weight excluding hydrogens is 304 g/mol. The van der Waals surface area contributed by atoms with Gasteiger partial charge in [-0.25, -0.2) is 0 Å². The van der Waals surface area contributed by atoms with Crippen LogP contribution in [0.3, 0.4) is 0 Å². The molecule has 0 aliphatic carbocycles. The number of methoxy groups -OCH3 is 2. The van der Waals surface area contributed by atoms with Crippen LogP contribution in [0.15, 0.2) is 18.2 Å². The monoisotopic (exact) mass is 328 g/mol. The number of ether oxygens (including phenoxy) is 2. The van der Waals surface area contributed by atoms with E-state index in [2.05, 4.69) is 5.32 Å². The summed E-state index contributed by atoms with van der Waals surface area (Å²) in [5.74, 6) is 1.96. The molecule has 0 spiro atoms. The first-order chi connectivity index (χ1) is 10.2. The zero-order valence-electron chi connectivity index (χ0n) is 13.4. The highest BCUT2D eigenvalue weighted by Crippen LogP contribution is 2.27. The van der Waals surface area contributed by atoms with Crippen molar-refractivity contribution in [2.45, 2.75) is 12.8 Å². The first kappa shape index (κ1) is 18.6. The lowest BCUT2D eigenvalue weighted by Crippen LogP contribution is -2.40. The van der Waals surface area contributed by atoms with Crippen molar-refractivity contribution in [3.05, 3.63) is 23.8 Å². The van der Waals surface area contributed by atoms with Gasteiger partial charge in [0.25, 0.3) is 5.91 Å². The Labute approximate surface area is 138 Å². The van der Waals surface area contributed by atoms with Crippen molar-refractivity contribution in [1.82, 2.24) is 10.2 Å². The fourth-order valence-electron chi connectivity index (χ4n) is 2.77. The summed E-state index contributed by atoms with van der Waals surface area (Å²) in [7, 11) is 5.15. The average Bonchev–Trinajstić information content (AvgIpc) is 2.54. The molecule has 1 aromatic rings.